The molecule has 0 amide bonds. The zero-order chi connectivity index (χ0) is 17.4. The number of aryl methyl sites for hydroxylation is 2. The fourth-order valence-electron chi connectivity index (χ4n) is 4.00. The molecule has 2 saturated heterocycles. The monoisotopic (exact) mass is 356 g/mol. The van der Waals surface area contributed by atoms with Crippen molar-refractivity contribution in [1.82, 2.24) is 20.2 Å². The van der Waals surface area contributed by atoms with Crippen LogP contribution in [0.15, 0.2) is 30.5 Å². The van der Waals surface area contributed by atoms with E-state index in [-0.39, 0.29) is 18.2 Å². The van der Waals surface area contributed by atoms with Gasteiger partial charge in [-0.15, -0.1) is 0 Å². The molecule has 5 nitrogen and oxygen atoms in total. The van der Waals surface area contributed by atoms with Crippen LogP contribution in [0.5, 0.6) is 0 Å². The van der Waals surface area contributed by atoms with Gasteiger partial charge in [0, 0.05) is 30.7 Å². The molecule has 4 heterocycles. The number of ether oxygens (including phenoxy) is 1. The minimum atomic E-state index is 0.0454. The number of hydrogen-bond acceptors (Lipinski definition) is 3. The third kappa shape index (κ3) is 3.16. The number of thiocarbonyl (C=S) groups is 1. The molecular weight excluding hydrogens is 332 g/mol. The van der Waals surface area contributed by atoms with Crippen LogP contribution in [0.3, 0.4) is 0 Å². The number of aromatic amines is 1. The summed E-state index contributed by atoms with van der Waals surface area (Å²) in [4.78, 5) is 10.3. The van der Waals surface area contributed by atoms with Gasteiger partial charge in [-0.25, -0.2) is 0 Å². The van der Waals surface area contributed by atoms with Crippen molar-refractivity contribution >= 4 is 17.3 Å². The highest BCUT2D eigenvalue weighted by molar-refractivity contribution is 7.80. The zero-order valence-electron chi connectivity index (χ0n) is 14.7. The van der Waals surface area contributed by atoms with Gasteiger partial charge in [0.05, 0.1) is 23.9 Å². The molecule has 132 valence electrons. The van der Waals surface area contributed by atoms with Crippen LogP contribution in [0.2, 0.25) is 0 Å². The summed E-state index contributed by atoms with van der Waals surface area (Å²) in [6.07, 6.45) is 4.33. The number of rotatable bonds is 4. The first kappa shape index (κ1) is 16.5. The smallest absolute Gasteiger partial charge is 0.170 e. The lowest BCUT2D eigenvalue weighted by Gasteiger charge is -2.29. The summed E-state index contributed by atoms with van der Waals surface area (Å²) in [6, 6.07) is 8.44. The molecule has 0 spiro atoms. The van der Waals surface area contributed by atoms with Gasteiger partial charge in [0.2, 0.25) is 0 Å². The van der Waals surface area contributed by atoms with Crippen molar-refractivity contribution in [3.05, 3.63) is 53.1 Å². The molecule has 2 aliphatic heterocycles. The molecule has 0 aromatic carbocycles. The average Bonchev–Trinajstić information content (AvgIpc) is 3.30. The van der Waals surface area contributed by atoms with Crippen molar-refractivity contribution in [1.29, 1.82) is 0 Å². The molecule has 0 unspecified atom stereocenters. The predicted molar refractivity (Wildman–Crippen MR) is 101 cm³/mol. The summed E-state index contributed by atoms with van der Waals surface area (Å²) < 4.78 is 5.87. The SMILES string of the molecule is Cc1cc([C@H]2[C@H](c3ccccn3)NC(=S)N2C[C@@H]2CCCO2)c(C)[nH]1. The molecule has 3 atom stereocenters. The van der Waals surface area contributed by atoms with Gasteiger partial charge in [-0.3, -0.25) is 4.98 Å². The van der Waals surface area contributed by atoms with Crippen LogP contribution in [0.1, 0.15) is 47.6 Å². The highest BCUT2D eigenvalue weighted by Gasteiger charge is 2.42. The first-order chi connectivity index (χ1) is 12.1. The fourth-order valence-corrected chi connectivity index (χ4v) is 4.32. The van der Waals surface area contributed by atoms with Crippen LogP contribution in [-0.4, -0.2) is 39.2 Å². The molecule has 0 saturated carbocycles. The van der Waals surface area contributed by atoms with Gasteiger partial charge in [0.1, 0.15) is 0 Å². The summed E-state index contributed by atoms with van der Waals surface area (Å²) in [5, 5.41) is 4.29. The summed E-state index contributed by atoms with van der Waals surface area (Å²) >= 11 is 5.70. The van der Waals surface area contributed by atoms with Crippen molar-refractivity contribution < 1.29 is 4.74 Å². The number of aromatic nitrogens is 2. The Morgan fingerprint density at radius 2 is 2.24 bits per heavy atom. The van der Waals surface area contributed by atoms with Gasteiger partial charge in [-0.1, -0.05) is 6.07 Å². The second-order valence-electron chi connectivity index (χ2n) is 6.95. The van der Waals surface area contributed by atoms with Crippen LogP contribution in [0, 0.1) is 13.8 Å². The zero-order valence-corrected chi connectivity index (χ0v) is 15.5. The number of nitrogens with one attached hydrogen (secondary N) is 2. The number of pyridine rings is 1. The van der Waals surface area contributed by atoms with Crippen LogP contribution in [0.4, 0.5) is 0 Å². The van der Waals surface area contributed by atoms with Crippen LogP contribution in [-0.2, 0) is 4.74 Å². The van der Waals surface area contributed by atoms with E-state index in [1.54, 1.807) is 0 Å². The van der Waals surface area contributed by atoms with E-state index in [1.165, 1.54) is 17.0 Å². The Hall–Kier alpha value is -1.92. The van der Waals surface area contributed by atoms with E-state index < -0.39 is 0 Å². The van der Waals surface area contributed by atoms with E-state index in [9.17, 15) is 0 Å². The molecule has 2 fully saturated rings. The van der Waals surface area contributed by atoms with E-state index in [2.05, 4.69) is 46.2 Å². The average molecular weight is 356 g/mol. The molecule has 4 rings (SSSR count). The van der Waals surface area contributed by atoms with Crippen molar-refractivity contribution in [3.8, 4) is 0 Å². The van der Waals surface area contributed by atoms with Gasteiger partial charge in [-0.2, -0.15) is 0 Å². The topological polar surface area (TPSA) is 53.2 Å². The van der Waals surface area contributed by atoms with E-state index in [4.69, 9.17) is 17.0 Å². The molecule has 2 aromatic rings. The Balaban J connectivity index is 1.71. The molecule has 2 aliphatic rings. The van der Waals surface area contributed by atoms with Gasteiger partial charge < -0.3 is 19.9 Å². The standard InChI is InChI=1S/C19H24N4OS/c1-12-10-15(13(2)21-12)18-17(16-7-3-4-8-20-16)22-19(25)23(18)11-14-6-5-9-24-14/h3-4,7-8,10,14,17-18,21H,5-6,9,11H2,1-2H3,(H,22,25)/t14-,17-,18-/m0/s1. The van der Waals surface area contributed by atoms with Crippen molar-refractivity contribution in [2.45, 2.75) is 44.9 Å². The largest absolute Gasteiger partial charge is 0.376 e. The first-order valence-corrected chi connectivity index (χ1v) is 9.30. The lowest BCUT2D eigenvalue weighted by molar-refractivity contribution is 0.0842. The lowest BCUT2D eigenvalue weighted by atomic mass is 9.96. The van der Waals surface area contributed by atoms with E-state index in [0.717, 1.165) is 36.8 Å². The second kappa shape index (κ2) is 6.77. The minimum Gasteiger partial charge on any atom is -0.376 e. The Morgan fingerprint density at radius 1 is 1.36 bits per heavy atom. The summed E-state index contributed by atoms with van der Waals surface area (Å²) in [5.74, 6) is 0. The van der Waals surface area contributed by atoms with Crippen LogP contribution < -0.4 is 5.32 Å². The van der Waals surface area contributed by atoms with Crippen molar-refractivity contribution in [3.63, 3.8) is 0 Å². The first-order valence-electron chi connectivity index (χ1n) is 8.89. The molecule has 2 N–H and O–H groups in total. The maximum atomic E-state index is 5.87. The normalized spacial score (nSPS) is 26.2. The Labute approximate surface area is 153 Å². The maximum Gasteiger partial charge on any atom is 0.170 e. The predicted octanol–water partition coefficient (Wildman–Crippen LogP) is 3.18. The Bertz CT molecular complexity index is 754. The van der Waals surface area contributed by atoms with Gasteiger partial charge in [-0.05, 0) is 62.7 Å². The number of nitrogens with zero attached hydrogens (tertiary/aromatic N) is 2. The quantitative estimate of drug-likeness (QED) is 0.824. The summed E-state index contributed by atoms with van der Waals surface area (Å²) in [6.45, 7) is 5.90. The van der Waals surface area contributed by atoms with Gasteiger partial charge >= 0.3 is 0 Å². The molecule has 25 heavy (non-hydrogen) atoms. The molecule has 0 radical (unpaired) electrons. The Morgan fingerprint density at radius 3 is 2.88 bits per heavy atom. The number of H-pyrrole nitrogens is 1. The third-order valence-corrected chi connectivity index (χ3v) is 5.48. The van der Waals surface area contributed by atoms with E-state index in [1.807, 2.05) is 18.3 Å². The van der Waals surface area contributed by atoms with Crippen molar-refractivity contribution in [2.75, 3.05) is 13.2 Å². The third-order valence-electron chi connectivity index (χ3n) is 5.13. The second-order valence-corrected chi connectivity index (χ2v) is 7.33. The Kier molecular flexibility index (Phi) is 4.48. The van der Waals surface area contributed by atoms with E-state index >= 15 is 0 Å². The van der Waals surface area contributed by atoms with Gasteiger partial charge in [0.15, 0.2) is 5.11 Å². The highest BCUT2D eigenvalue weighted by Crippen LogP contribution is 2.40. The van der Waals surface area contributed by atoms with Crippen molar-refractivity contribution in [2.24, 2.45) is 0 Å². The van der Waals surface area contributed by atoms with Crippen LogP contribution in [0.25, 0.3) is 0 Å². The highest BCUT2D eigenvalue weighted by atomic mass is 32.1. The maximum absolute atomic E-state index is 5.87. The number of hydrogen-bond donors (Lipinski definition) is 2. The molecule has 0 bridgehead atoms. The minimum absolute atomic E-state index is 0.0454. The van der Waals surface area contributed by atoms with E-state index in [0.29, 0.717) is 0 Å². The molecule has 2 aromatic heterocycles. The fraction of sp³-hybridized carbons (Fsp3) is 0.474. The molecule has 6 heteroatoms. The molecular formula is C19H24N4OS. The molecule has 0 aliphatic carbocycles. The lowest BCUT2D eigenvalue weighted by Crippen LogP contribution is -2.36. The van der Waals surface area contributed by atoms with Gasteiger partial charge in [0.25, 0.3) is 0 Å². The summed E-state index contributed by atoms with van der Waals surface area (Å²) in [5.41, 5.74) is 4.65. The van der Waals surface area contributed by atoms with Crippen LogP contribution >= 0.6 is 12.2 Å². The summed E-state index contributed by atoms with van der Waals surface area (Å²) in [7, 11) is 0.